The van der Waals surface area contributed by atoms with Gasteiger partial charge in [0.1, 0.15) is 0 Å². The Kier molecular flexibility index (Phi) is 4.06. The molecule has 1 aliphatic carbocycles. The van der Waals surface area contributed by atoms with Gasteiger partial charge in [-0.25, -0.2) is 0 Å². The van der Waals surface area contributed by atoms with Crippen LogP contribution < -0.4 is 5.32 Å². The number of hydrogen-bond acceptors (Lipinski definition) is 1. The molecule has 1 N–H and O–H groups in total. The lowest BCUT2D eigenvalue weighted by Gasteiger charge is -2.36. The molecule has 2 rings (SSSR count). The summed E-state index contributed by atoms with van der Waals surface area (Å²) >= 11 is 9.22. The maximum absolute atomic E-state index is 5.71. The topological polar surface area (TPSA) is 12.0 Å². The third-order valence-electron chi connectivity index (χ3n) is 3.04. The van der Waals surface area contributed by atoms with Crippen LogP contribution in [0, 0.1) is 0 Å². The molecule has 1 aromatic carbocycles. The number of hydrogen-bond donors (Lipinski definition) is 1. The molecule has 0 radical (unpaired) electrons. The highest BCUT2D eigenvalue weighted by Gasteiger charge is 2.29. The van der Waals surface area contributed by atoms with Gasteiger partial charge in [0.2, 0.25) is 0 Å². The van der Waals surface area contributed by atoms with Crippen LogP contribution in [-0.2, 0) is 0 Å². The predicted molar refractivity (Wildman–Crippen MR) is 72.9 cm³/mol. The Hall–Kier alpha value is -0.310. The fraction of sp³-hybridized carbons (Fsp3) is 0.385. The lowest BCUT2D eigenvalue weighted by Crippen LogP contribution is -2.40. The first-order chi connectivity index (χ1) is 7.65. The quantitative estimate of drug-likeness (QED) is 0.885. The highest BCUT2D eigenvalue weighted by atomic mass is 79.9. The van der Waals surface area contributed by atoms with Gasteiger partial charge in [0.05, 0.1) is 0 Å². The molecule has 0 spiro atoms. The van der Waals surface area contributed by atoms with Gasteiger partial charge in [0.15, 0.2) is 0 Å². The van der Waals surface area contributed by atoms with E-state index in [1.54, 1.807) is 0 Å². The van der Waals surface area contributed by atoms with Gasteiger partial charge in [0, 0.05) is 22.1 Å². The van der Waals surface area contributed by atoms with Crippen LogP contribution in [-0.4, -0.2) is 12.6 Å². The minimum absolute atomic E-state index is 0.597. The molecule has 0 atom stereocenters. The smallest absolute Gasteiger partial charge is 0.0310 e. The van der Waals surface area contributed by atoms with Crippen molar-refractivity contribution in [3.05, 3.63) is 45.9 Å². The number of benzene rings is 1. The fourth-order valence-corrected chi connectivity index (χ4v) is 2.57. The minimum atomic E-state index is 0.597. The summed E-state index contributed by atoms with van der Waals surface area (Å²) in [6.45, 7) is 4.39. The lowest BCUT2D eigenvalue weighted by molar-refractivity contribution is 0.299. The van der Waals surface area contributed by atoms with Crippen molar-refractivity contribution in [2.24, 2.45) is 0 Å². The summed E-state index contributed by atoms with van der Waals surface area (Å²) in [6.07, 6.45) is 2.39. The average molecular weight is 301 g/mol. The lowest BCUT2D eigenvalue weighted by atomic mass is 9.76. The second-order valence-electron chi connectivity index (χ2n) is 4.32. The Bertz CT molecular complexity index is 385. The fourth-order valence-electron chi connectivity index (χ4n) is 2.07. The third kappa shape index (κ3) is 3.09. The molecule has 1 fully saturated rings. The molecule has 0 saturated heterocycles. The van der Waals surface area contributed by atoms with Crippen molar-refractivity contribution in [3.8, 4) is 0 Å². The summed E-state index contributed by atoms with van der Waals surface area (Å²) in [5, 5.41) is 4.08. The molecule has 3 heteroatoms. The van der Waals surface area contributed by atoms with Crippen molar-refractivity contribution in [1.29, 1.82) is 0 Å². The van der Waals surface area contributed by atoms with E-state index in [2.05, 4.69) is 52.1 Å². The summed E-state index contributed by atoms with van der Waals surface area (Å²) in [6, 6.07) is 9.17. The van der Waals surface area contributed by atoms with Crippen LogP contribution in [0.4, 0.5) is 0 Å². The third-order valence-corrected chi connectivity index (χ3v) is 3.67. The van der Waals surface area contributed by atoms with Gasteiger partial charge in [-0.15, -0.1) is 0 Å². The Balaban J connectivity index is 1.82. The van der Waals surface area contributed by atoms with Crippen LogP contribution in [0.5, 0.6) is 0 Å². The highest BCUT2D eigenvalue weighted by molar-refractivity contribution is 9.10. The number of rotatable bonds is 4. The van der Waals surface area contributed by atoms with Gasteiger partial charge in [-0.3, -0.25) is 0 Å². The van der Waals surface area contributed by atoms with Crippen molar-refractivity contribution in [3.63, 3.8) is 0 Å². The molecule has 0 aliphatic heterocycles. The summed E-state index contributed by atoms with van der Waals surface area (Å²) in [4.78, 5) is 0. The van der Waals surface area contributed by atoms with E-state index in [9.17, 15) is 0 Å². The van der Waals surface area contributed by atoms with Gasteiger partial charge >= 0.3 is 0 Å². The van der Waals surface area contributed by atoms with E-state index in [0.717, 1.165) is 11.0 Å². The molecule has 0 unspecified atom stereocenters. The largest absolute Gasteiger partial charge is 0.309 e. The van der Waals surface area contributed by atoms with Crippen LogP contribution in [0.25, 0.3) is 0 Å². The second-order valence-corrected chi connectivity index (χ2v) is 5.77. The Morgan fingerprint density at radius 2 is 2.25 bits per heavy atom. The van der Waals surface area contributed by atoms with Crippen molar-refractivity contribution >= 4 is 27.5 Å². The Morgan fingerprint density at radius 1 is 1.50 bits per heavy atom. The summed E-state index contributed by atoms with van der Waals surface area (Å²) in [5.41, 5.74) is 1.43. The molecule has 86 valence electrons. The molecule has 0 heterocycles. The Morgan fingerprint density at radius 3 is 2.88 bits per heavy atom. The van der Waals surface area contributed by atoms with Gasteiger partial charge in [-0.1, -0.05) is 46.2 Å². The number of halogens is 2. The van der Waals surface area contributed by atoms with Crippen molar-refractivity contribution < 1.29 is 0 Å². The van der Waals surface area contributed by atoms with E-state index in [-0.39, 0.29) is 0 Å². The van der Waals surface area contributed by atoms with Gasteiger partial charge in [-0.2, -0.15) is 0 Å². The minimum Gasteiger partial charge on any atom is -0.309 e. The SMILES string of the molecule is C=C(Cl)CNC1CC(c2cccc(Br)c2)C1. The van der Waals surface area contributed by atoms with Crippen LogP contribution in [0.15, 0.2) is 40.3 Å². The molecule has 1 aromatic rings. The molecule has 1 saturated carbocycles. The molecule has 16 heavy (non-hydrogen) atoms. The van der Waals surface area contributed by atoms with E-state index in [1.165, 1.54) is 18.4 Å². The van der Waals surface area contributed by atoms with Crippen LogP contribution in [0.3, 0.4) is 0 Å². The number of nitrogens with one attached hydrogen (secondary N) is 1. The van der Waals surface area contributed by atoms with Gasteiger partial charge < -0.3 is 5.32 Å². The zero-order valence-corrected chi connectivity index (χ0v) is 11.4. The van der Waals surface area contributed by atoms with Crippen LogP contribution in [0.2, 0.25) is 0 Å². The van der Waals surface area contributed by atoms with Crippen LogP contribution >= 0.6 is 27.5 Å². The zero-order valence-electron chi connectivity index (χ0n) is 9.05. The maximum atomic E-state index is 5.71. The second kappa shape index (κ2) is 5.35. The molecular formula is C13H15BrClN. The summed E-state index contributed by atoms with van der Waals surface area (Å²) in [7, 11) is 0. The normalized spacial score (nSPS) is 23.9. The monoisotopic (exact) mass is 299 g/mol. The van der Waals surface area contributed by atoms with Crippen molar-refractivity contribution in [2.45, 2.75) is 24.8 Å². The highest BCUT2D eigenvalue weighted by Crippen LogP contribution is 2.37. The predicted octanol–water partition coefficient (Wildman–Crippen LogP) is 4.04. The molecular weight excluding hydrogens is 286 g/mol. The molecule has 0 amide bonds. The van der Waals surface area contributed by atoms with E-state index in [0.29, 0.717) is 17.0 Å². The van der Waals surface area contributed by atoms with E-state index < -0.39 is 0 Å². The first-order valence-electron chi connectivity index (χ1n) is 5.47. The average Bonchev–Trinajstić information content (AvgIpc) is 2.14. The standard InChI is InChI=1S/C13H15BrClN/c1-9(15)8-16-13-6-11(7-13)10-3-2-4-12(14)5-10/h2-5,11,13,16H,1,6-8H2. The van der Waals surface area contributed by atoms with Crippen molar-refractivity contribution in [2.75, 3.05) is 6.54 Å². The molecule has 0 bridgehead atoms. The van der Waals surface area contributed by atoms with E-state index in [1.807, 2.05) is 0 Å². The summed E-state index contributed by atoms with van der Waals surface area (Å²) in [5.74, 6) is 0.693. The van der Waals surface area contributed by atoms with E-state index in [4.69, 9.17) is 11.6 Å². The van der Waals surface area contributed by atoms with Crippen molar-refractivity contribution in [1.82, 2.24) is 5.32 Å². The molecule has 1 aliphatic rings. The maximum Gasteiger partial charge on any atom is 0.0310 e. The first kappa shape index (κ1) is 12.2. The first-order valence-corrected chi connectivity index (χ1v) is 6.64. The Labute approximate surface area is 110 Å². The van der Waals surface area contributed by atoms with Gasteiger partial charge in [-0.05, 0) is 36.5 Å². The van der Waals surface area contributed by atoms with Crippen LogP contribution in [0.1, 0.15) is 24.3 Å². The van der Waals surface area contributed by atoms with E-state index >= 15 is 0 Å². The molecule has 0 aromatic heterocycles. The zero-order chi connectivity index (χ0) is 11.5. The summed E-state index contributed by atoms with van der Waals surface area (Å²) < 4.78 is 1.16. The molecule has 1 nitrogen and oxygen atoms in total. The van der Waals surface area contributed by atoms with Gasteiger partial charge in [0.25, 0.3) is 0 Å².